The third kappa shape index (κ3) is 4.02. The number of amides is 2. The van der Waals surface area contributed by atoms with Crippen molar-refractivity contribution in [1.82, 2.24) is 39.1 Å². The zero-order chi connectivity index (χ0) is 26.4. The fraction of sp³-hybridized carbons (Fsp3) is 0.321. The number of hydrogen-bond acceptors (Lipinski definition) is 5. The van der Waals surface area contributed by atoms with Crippen molar-refractivity contribution in [2.75, 3.05) is 19.6 Å². The highest BCUT2D eigenvalue weighted by atomic mass is 16.2. The lowest BCUT2D eigenvalue weighted by atomic mass is 10.0. The maximum atomic E-state index is 13.5. The Morgan fingerprint density at radius 2 is 1.89 bits per heavy atom. The monoisotopic (exact) mass is 510 g/mol. The second-order valence-corrected chi connectivity index (χ2v) is 9.85. The molecule has 1 aliphatic heterocycles. The first kappa shape index (κ1) is 23.9. The number of nitrogens with one attached hydrogen (secondary N) is 1. The summed E-state index contributed by atoms with van der Waals surface area (Å²) in [7, 11) is 3.67. The number of piperidine rings is 1. The number of hydrogen-bond donors (Lipinski definition) is 1. The first-order valence-electron chi connectivity index (χ1n) is 12.9. The number of imidazole rings is 1. The highest BCUT2D eigenvalue weighted by Gasteiger charge is 2.28. The van der Waals surface area contributed by atoms with Crippen LogP contribution in [0.5, 0.6) is 0 Å². The van der Waals surface area contributed by atoms with E-state index in [1.54, 1.807) is 28.7 Å². The Hall–Kier alpha value is -4.47. The van der Waals surface area contributed by atoms with Crippen molar-refractivity contribution in [2.45, 2.75) is 25.8 Å². The summed E-state index contributed by atoms with van der Waals surface area (Å²) in [6.45, 7) is 3.67. The molecule has 194 valence electrons. The van der Waals surface area contributed by atoms with Crippen LogP contribution < -0.4 is 11.0 Å². The Bertz CT molecular complexity index is 1710. The molecule has 38 heavy (non-hydrogen) atoms. The minimum atomic E-state index is -0.114. The topological polar surface area (TPSA) is 103 Å². The molecule has 0 aliphatic carbocycles. The van der Waals surface area contributed by atoms with Gasteiger partial charge in [0.05, 0.1) is 40.7 Å². The number of aromatic nitrogens is 6. The van der Waals surface area contributed by atoms with E-state index < -0.39 is 0 Å². The van der Waals surface area contributed by atoms with Gasteiger partial charge in [-0.3, -0.25) is 23.8 Å². The second-order valence-electron chi connectivity index (χ2n) is 9.85. The first-order valence-corrected chi connectivity index (χ1v) is 12.9. The second kappa shape index (κ2) is 9.44. The molecule has 0 radical (unpaired) electrons. The molecule has 10 heteroatoms. The number of carbonyl (C=O) groups excluding carboxylic acids is 1. The molecule has 1 N–H and O–H groups in total. The normalized spacial score (nSPS) is 15.9. The lowest BCUT2D eigenvalue weighted by molar-refractivity contribution is 0.167. The summed E-state index contributed by atoms with van der Waals surface area (Å²) in [5.41, 5.74) is 6.14. The fourth-order valence-corrected chi connectivity index (χ4v) is 5.45. The first-order chi connectivity index (χ1) is 18.4. The molecule has 4 aromatic heterocycles. The number of likely N-dealkylation sites (tertiary alicyclic amines) is 1. The number of carbonyl (C=O) groups is 1. The molecule has 0 saturated carbocycles. The molecule has 1 fully saturated rings. The van der Waals surface area contributed by atoms with Crippen LogP contribution in [0.4, 0.5) is 4.79 Å². The van der Waals surface area contributed by atoms with E-state index in [0.29, 0.717) is 19.6 Å². The summed E-state index contributed by atoms with van der Waals surface area (Å²) in [6.07, 6.45) is 9.04. The van der Waals surface area contributed by atoms with E-state index in [2.05, 4.69) is 26.4 Å². The van der Waals surface area contributed by atoms with Crippen LogP contribution in [0.3, 0.4) is 0 Å². The van der Waals surface area contributed by atoms with Crippen LogP contribution in [-0.2, 0) is 14.1 Å². The van der Waals surface area contributed by atoms with Gasteiger partial charge in [-0.2, -0.15) is 5.10 Å². The van der Waals surface area contributed by atoms with Gasteiger partial charge in [0.25, 0.3) is 0 Å². The van der Waals surface area contributed by atoms with Gasteiger partial charge >= 0.3 is 11.7 Å². The zero-order valence-electron chi connectivity index (χ0n) is 21.8. The van der Waals surface area contributed by atoms with Gasteiger partial charge in [-0.05, 0) is 43.5 Å². The van der Waals surface area contributed by atoms with Crippen LogP contribution in [0.25, 0.3) is 44.3 Å². The van der Waals surface area contributed by atoms with Gasteiger partial charge in [0, 0.05) is 62.6 Å². The molecule has 10 nitrogen and oxygen atoms in total. The van der Waals surface area contributed by atoms with Crippen LogP contribution in [-0.4, -0.2) is 59.4 Å². The maximum absolute atomic E-state index is 13.5. The van der Waals surface area contributed by atoms with Gasteiger partial charge in [0.1, 0.15) is 0 Å². The van der Waals surface area contributed by atoms with Gasteiger partial charge in [-0.1, -0.05) is 12.1 Å². The quantitative estimate of drug-likeness (QED) is 0.397. The van der Waals surface area contributed by atoms with E-state index in [4.69, 9.17) is 0 Å². The predicted octanol–water partition coefficient (Wildman–Crippen LogP) is 3.72. The van der Waals surface area contributed by atoms with Crippen LogP contribution in [0.1, 0.15) is 25.8 Å². The summed E-state index contributed by atoms with van der Waals surface area (Å²) in [6, 6.07) is 9.96. The van der Waals surface area contributed by atoms with Crippen LogP contribution in [0.2, 0.25) is 0 Å². The lowest BCUT2D eigenvalue weighted by Crippen LogP contribution is -2.47. The minimum Gasteiger partial charge on any atom is -0.338 e. The molecule has 6 rings (SSSR count). The van der Waals surface area contributed by atoms with Crippen molar-refractivity contribution in [3.05, 3.63) is 65.6 Å². The standard InChI is InChI=1S/C28H30N8O2/c1-4-29-27(37)35-11-5-6-21(17-35)36-26-22-12-18(7-10-24(22)31-15-25(26)34(3)28(36)38)19-8-9-23(30-13-19)20-14-32-33(2)16-20/h7-10,12-16,21H,4-6,11,17H2,1-3H3,(H,29,37). The summed E-state index contributed by atoms with van der Waals surface area (Å²) >= 11 is 0. The molecule has 5 heterocycles. The Kier molecular flexibility index (Phi) is 5.94. The molecular formula is C28H30N8O2. The number of aryl methyl sites for hydroxylation is 2. The van der Waals surface area contributed by atoms with Crippen molar-refractivity contribution >= 4 is 28.0 Å². The van der Waals surface area contributed by atoms with Crippen LogP contribution >= 0.6 is 0 Å². The summed E-state index contributed by atoms with van der Waals surface area (Å²) in [5.74, 6) is 0. The summed E-state index contributed by atoms with van der Waals surface area (Å²) in [4.78, 5) is 37.2. The van der Waals surface area contributed by atoms with Gasteiger partial charge in [0.2, 0.25) is 0 Å². The summed E-state index contributed by atoms with van der Waals surface area (Å²) in [5, 5.41) is 8.03. The van der Waals surface area contributed by atoms with E-state index in [1.165, 1.54) is 0 Å². The smallest absolute Gasteiger partial charge is 0.329 e. The van der Waals surface area contributed by atoms with Crippen molar-refractivity contribution in [3.63, 3.8) is 0 Å². The number of pyridine rings is 2. The predicted molar refractivity (Wildman–Crippen MR) is 147 cm³/mol. The number of benzene rings is 1. The number of urea groups is 1. The highest BCUT2D eigenvalue weighted by Crippen LogP contribution is 2.32. The van der Waals surface area contributed by atoms with Gasteiger partial charge < -0.3 is 10.2 Å². The van der Waals surface area contributed by atoms with E-state index in [-0.39, 0.29) is 17.8 Å². The van der Waals surface area contributed by atoms with E-state index in [1.807, 2.05) is 60.1 Å². The Balaban J connectivity index is 1.44. The average molecular weight is 511 g/mol. The molecule has 1 aliphatic rings. The molecule has 0 spiro atoms. The number of nitrogens with zero attached hydrogens (tertiary/aromatic N) is 7. The maximum Gasteiger partial charge on any atom is 0.329 e. The largest absolute Gasteiger partial charge is 0.338 e. The summed E-state index contributed by atoms with van der Waals surface area (Å²) < 4.78 is 5.29. The van der Waals surface area contributed by atoms with E-state index in [9.17, 15) is 9.59 Å². The lowest BCUT2D eigenvalue weighted by Gasteiger charge is -2.33. The van der Waals surface area contributed by atoms with Crippen molar-refractivity contribution in [1.29, 1.82) is 0 Å². The minimum absolute atomic E-state index is 0.0819. The van der Waals surface area contributed by atoms with Gasteiger partial charge in [-0.15, -0.1) is 0 Å². The van der Waals surface area contributed by atoms with Crippen molar-refractivity contribution in [2.24, 2.45) is 14.1 Å². The molecule has 0 bridgehead atoms. The van der Waals surface area contributed by atoms with E-state index in [0.717, 1.165) is 57.2 Å². The average Bonchev–Trinajstić information content (AvgIpc) is 3.49. The third-order valence-electron chi connectivity index (χ3n) is 7.39. The molecule has 1 unspecified atom stereocenters. The Morgan fingerprint density at radius 3 is 2.63 bits per heavy atom. The third-order valence-corrected chi connectivity index (χ3v) is 7.39. The van der Waals surface area contributed by atoms with Crippen LogP contribution in [0, 0.1) is 0 Å². The van der Waals surface area contributed by atoms with Crippen LogP contribution in [0.15, 0.2) is 59.9 Å². The molecule has 1 saturated heterocycles. The fourth-order valence-electron chi connectivity index (χ4n) is 5.45. The van der Waals surface area contributed by atoms with Gasteiger partial charge in [-0.25, -0.2) is 9.59 Å². The van der Waals surface area contributed by atoms with E-state index >= 15 is 0 Å². The Labute approximate surface area is 219 Å². The Morgan fingerprint density at radius 1 is 1.05 bits per heavy atom. The number of rotatable bonds is 4. The molecule has 2 amide bonds. The zero-order valence-corrected chi connectivity index (χ0v) is 21.8. The highest BCUT2D eigenvalue weighted by molar-refractivity contribution is 6.04. The molecular weight excluding hydrogens is 480 g/mol. The van der Waals surface area contributed by atoms with Gasteiger partial charge in [0.15, 0.2) is 0 Å². The van der Waals surface area contributed by atoms with Crippen molar-refractivity contribution in [3.8, 4) is 22.4 Å². The molecule has 1 atom stereocenters. The SMILES string of the molecule is CCNC(=O)N1CCCC(n2c(=O)n(C)c3cnc4ccc(-c5ccc(-c6cnn(C)c6)nc5)cc4c32)C1. The molecule has 1 aromatic carbocycles. The number of fused-ring (bicyclic) bond motifs is 3. The van der Waals surface area contributed by atoms with Crippen molar-refractivity contribution < 1.29 is 4.79 Å². The molecule has 5 aromatic rings.